The number of rotatable bonds is 3. The molecule has 2 rings (SSSR count). The lowest BCUT2D eigenvalue weighted by atomic mass is 9.75. The van der Waals surface area contributed by atoms with E-state index in [2.05, 4.69) is 20.8 Å². The van der Waals surface area contributed by atoms with E-state index in [0.29, 0.717) is 17.6 Å². The molecule has 0 amide bonds. The van der Waals surface area contributed by atoms with Crippen molar-refractivity contribution in [2.24, 2.45) is 17.8 Å². The van der Waals surface area contributed by atoms with Gasteiger partial charge in [-0.3, -0.25) is 0 Å². The lowest BCUT2D eigenvalue weighted by Gasteiger charge is -2.37. The van der Waals surface area contributed by atoms with Crippen molar-refractivity contribution in [2.75, 3.05) is 0 Å². The number of aromatic hydroxyl groups is 1. The third kappa shape index (κ3) is 3.65. The second-order valence-corrected chi connectivity index (χ2v) is 6.49. The fourth-order valence-corrected chi connectivity index (χ4v) is 3.22. The van der Waals surface area contributed by atoms with Crippen LogP contribution in [0.3, 0.4) is 0 Å². The monoisotopic (exact) mass is 262 g/mol. The van der Waals surface area contributed by atoms with E-state index in [-0.39, 0.29) is 6.10 Å². The number of ether oxygens (including phenoxy) is 1. The van der Waals surface area contributed by atoms with E-state index in [9.17, 15) is 5.11 Å². The van der Waals surface area contributed by atoms with E-state index < -0.39 is 0 Å². The topological polar surface area (TPSA) is 29.5 Å². The molecule has 1 fully saturated rings. The highest BCUT2D eigenvalue weighted by Gasteiger charge is 2.32. The van der Waals surface area contributed by atoms with Gasteiger partial charge in [-0.1, -0.05) is 27.2 Å². The number of phenols is 1. The van der Waals surface area contributed by atoms with Gasteiger partial charge in [0.05, 0.1) is 0 Å². The molecule has 1 N–H and O–H groups in total. The molecule has 1 aromatic carbocycles. The molecule has 106 valence electrons. The number of phenolic OH excluding ortho intramolecular Hbond substituents is 1. The van der Waals surface area contributed by atoms with Crippen molar-refractivity contribution >= 4 is 0 Å². The fraction of sp³-hybridized carbons (Fsp3) is 0.647. The first-order valence-electron chi connectivity index (χ1n) is 7.43. The van der Waals surface area contributed by atoms with Crippen molar-refractivity contribution in [3.63, 3.8) is 0 Å². The number of aryl methyl sites for hydroxylation is 1. The second kappa shape index (κ2) is 5.85. The number of benzene rings is 1. The summed E-state index contributed by atoms with van der Waals surface area (Å²) in [6, 6.07) is 5.50. The largest absolute Gasteiger partial charge is 0.508 e. The third-order valence-corrected chi connectivity index (χ3v) is 4.28. The van der Waals surface area contributed by atoms with Crippen LogP contribution in [0.4, 0.5) is 0 Å². The van der Waals surface area contributed by atoms with Gasteiger partial charge >= 0.3 is 0 Å². The first-order chi connectivity index (χ1) is 8.95. The van der Waals surface area contributed by atoms with Gasteiger partial charge < -0.3 is 9.84 Å². The highest BCUT2D eigenvalue weighted by atomic mass is 16.5. The predicted octanol–water partition coefficient (Wildman–Crippen LogP) is 4.54. The van der Waals surface area contributed by atoms with E-state index >= 15 is 0 Å². The van der Waals surface area contributed by atoms with Crippen LogP contribution in [0.25, 0.3) is 0 Å². The Bertz CT molecular complexity index is 405. The van der Waals surface area contributed by atoms with Gasteiger partial charge in [0.1, 0.15) is 17.6 Å². The summed E-state index contributed by atoms with van der Waals surface area (Å²) in [5.74, 6) is 3.11. The van der Waals surface area contributed by atoms with Crippen LogP contribution >= 0.6 is 0 Å². The minimum Gasteiger partial charge on any atom is -0.508 e. The van der Waals surface area contributed by atoms with Crippen molar-refractivity contribution in [1.29, 1.82) is 0 Å². The Morgan fingerprint density at radius 1 is 1.21 bits per heavy atom. The van der Waals surface area contributed by atoms with Gasteiger partial charge in [0.15, 0.2) is 0 Å². The van der Waals surface area contributed by atoms with Crippen molar-refractivity contribution in [1.82, 2.24) is 0 Å². The van der Waals surface area contributed by atoms with E-state index in [1.807, 2.05) is 13.0 Å². The SMILES string of the molecule is Cc1cc(O)cc(OC2CC(C)CCC2C(C)C)c1. The van der Waals surface area contributed by atoms with Crippen LogP contribution in [-0.4, -0.2) is 11.2 Å². The zero-order valence-corrected chi connectivity index (χ0v) is 12.5. The average Bonchev–Trinajstić information content (AvgIpc) is 2.26. The Kier molecular flexibility index (Phi) is 4.38. The maximum absolute atomic E-state index is 9.67. The molecule has 3 atom stereocenters. The van der Waals surface area contributed by atoms with Gasteiger partial charge in [0.2, 0.25) is 0 Å². The summed E-state index contributed by atoms with van der Waals surface area (Å²) < 4.78 is 6.20. The van der Waals surface area contributed by atoms with Crippen LogP contribution in [0.15, 0.2) is 18.2 Å². The van der Waals surface area contributed by atoms with Crippen molar-refractivity contribution < 1.29 is 9.84 Å². The molecule has 0 bridgehead atoms. The van der Waals surface area contributed by atoms with Gasteiger partial charge in [-0.15, -0.1) is 0 Å². The minimum atomic E-state index is 0.282. The minimum absolute atomic E-state index is 0.282. The molecular weight excluding hydrogens is 236 g/mol. The Morgan fingerprint density at radius 2 is 1.95 bits per heavy atom. The van der Waals surface area contributed by atoms with Crippen molar-refractivity contribution in [2.45, 2.75) is 53.1 Å². The standard InChI is InChI=1S/C17H26O2/c1-11(2)16-6-5-12(3)9-17(16)19-15-8-13(4)7-14(18)10-15/h7-8,10-12,16-18H,5-6,9H2,1-4H3. The zero-order valence-electron chi connectivity index (χ0n) is 12.5. The van der Waals surface area contributed by atoms with Crippen LogP contribution < -0.4 is 4.74 Å². The Morgan fingerprint density at radius 3 is 2.58 bits per heavy atom. The highest BCUT2D eigenvalue weighted by molar-refractivity contribution is 5.37. The molecule has 2 heteroatoms. The molecule has 1 aliphatic rings. The molecule has 19 heavy (non-hydrogen) atoms. The smallest absolute Gasteiger partial charge is 0.123 e. The maximum atomic E-state index is 9.67. The molecule has 1 saturated carbocycles. The molecule has 2 nitrogen and oxygen atoms in total. The van der Waals surface area contributed by atoms with Gasteiger partial charge in [-0.2, -0.15) is 0 Å². The van der Waals surface area contributed by atoms with Gasteiger partial charge in [-0.05, 0) is 55.2 Å². The summed E-state index contributed by atoms with van der Waals surface area (Å²) in [5, 5.41) is 9.67. The van der Waals surface area contributed by atoms with Crippen molar-refractivity contribution in [3.8, 4) is 11.5 Å². The first kappa shape index (κ1) is 14.2. The lowest BCUT2D eigenvalue weighted by molar-refractivity contribution is 0.0458. The Hall–Kier alpha value is -1.18. The second-order valence-electron chi connectivity index (χ2n) is 6.49. The number of hydrogen-bond donors (Lipinski definition) is 1. The molecule has 1 aromatic rings. The predicted molar refractivity (Wildman–Crippen MR) is 78.6 cm³/mol. The Balaban J connectivity index is 2.13. The quantitative estimate of drug-likeness (QED) is 0.866. The van der Waals surface area contributed by atoms with Crippen LogP contribution in [0.5, 0.6) is 11.5 Å². The van der Waals surface area contributed by atoms with E-state index in [4.69, 9.17) is 4.74 Å². The van der Waals surface area contributed by atoms with E-state index in [1.165, 1.54) is 12.8 Å². The highest BCUT2D eigenvalue weighted by Crippen LogP contribution is 2.36. The lowest BCUT2D eigenvalue weighted by Crippen LogP contribution is -2.36. The maximum Gasteiger partial charge on any atom is 0.123 e. The summed E-state index contributed by atoms with van der Waals surface area (Å²) in [5.41, 5.74) is 1.04. The normalized spacial score (nSPS) is 27.5. The fourth-order valence-electron chi connectivity index (χ4n) is 3.22. The van der Waals surface area contributed by atoms with Crippen molar-refractivity contribution in [3.05, 3.63) is 23.8 Å². The third-order valence-electron chi connectivity index (χ3n) is 4.28. The summed E-state index contributed by atoms with van der Waals surface area (Å²) in [7, 11) is 0. The summed E-state index contributed by atoms with van der Waals surface area (Å²) in [6.45, 7) is 8.85. The zero-order chi connectivity index (χ0) is 14.0. The molecule has 0 heterocycles. The molecular formula is C17H26O2. The van der Waals surface area contributed by atoms with E-state index in [0.717, 1.165) is 23.7 Å². The molecule has 0 saturated heterocycles. The molecule has 3 unspecified atom stereocenters. The molecule has 0 aromatic heterocycles. The van der Waals surface area contributed by atoms with E-state index in [1.54, 1.807) is 12.1 Å². The first-order valence-corrected chi connectivity index (χ1v) is 7.43. The molecule has 0 radical (unpaired) electrons. The Labute approximate surface area is 116 Å². The summed E-state index contributed by atoms with van der Waals surface area (Å²) >= 11 is 0. The summed E-state index contributed by atoms with van der Waals surface area (Å²) in [4.78, 5) is 0. The van der Waals surface area contributed by atoms with Crippen LogP contribution in [-0.2, 0) is 0 Å². The van der Waals surface area contributed by atoms with Crippen LogP contribution in [0.2, 0.25) is 0 Å². The van der Waals surface area contributed by atoms with Gasteiger partial charge in [0, 0.05) is 6.07 Å². The number of hydrogen-bond acceptors (Lipinski definition) is 2. The molecule has 0 spiro atoms. The van der Waals surface area contributed by atoms with Gasteiger partial charge in [0.25, 0.3) is 0 Å². The summed E-state index contributed by atoms with van der Waals surface area (Å²) in [6.07, 6.45) is 3.96. The van der Waals surface area contributed by atoms with Crippen LogP contribution in [0.1, 0.15) is 45.6 Å². The molecule has 0 aliphatic heterocycles. The molecule has 1 aliphatic carbocycles. The van der Waals surface area contributed by atoms with Crippen LogP contribution in [0, 0.1) is 24.7 Å². The van der Waals surface area contributed by atoms with Gasteiger partial charge in [-0.25, -0.2) is 0 Å². The average molecular weight is 262 g/mol.